The summed E-state index contributed by atoms with van der Waals surface area (Å²) in [5, 5.41) is 8.11. The van der Waals surface area contributed by atoms with E-state index in [1.165, 1.54) is 10.9 Å². The van der Waals surface area contributed by atoms with Gasteiger partial charge in [0.05, 0.1) is 24.3 Å². The van der Waals surface area contributed by atoms with Crippen LogP contribution in [0.2, 0.25) is 0 Å². The van der Waals surface area contributed by atoms with Crippen molar-refractivity contribution in [3.8, 4) is 28.3 Å². The summed E-state index contributed by atoms with van der Waals surface area (Å²) in [5.74, 6) is 1.21. The van der Waals surface area contributed by atoms with Crippen LogP contribution in [-0.4, -0.2) is 36.0 Å². The molecule has 3 heterocycles. The fraction of sp³-hybridized carbons (Fsp3) is 0.227. The summed E-state index contributed by atoms with van der Waals surface area (Å²) in [5.41, 5.74) is 8.19. The van der Waals surface area contributed by atoms with E-state index in [1.807, 2.05) is 38.1 Å². The largest absolute Gasteiger partial charge is 0.350 e. The SMILES string of the molecule is CC(C)c1nc(-c2cccc(-c3cc(-n4cnn(C/C(=C/F)CN)c4=O)ccn3)c2)no1.Cl. The number of pyridine rings is 1. The molecule has 4 aromatic rings. The van der Waals surface area contributed by atoms with E-state index in [1.54, 1.807) is 18.3 Å². The first kappa shape index (κ1) is 24.0. The van der Waals surface area contributed by atoms with Crippen LogP contribution in [-0.2, 0) is 6.54 Å². The Morgan fingerprint density at radius 2 is 2.03 bits per heavy atom. The summed E-state index contributed by atoms with van der Waals surface area (Å²) in [4.78, 5) is 21.6. The van der Waals surface area contributed by atoms with Crippen LogP contribution >= 0.6 is 12.4 Å². The van der Waals surface area contributed by atoms with Gasteiger partial charge in [0.15, 0.2) is 0 Å². The second-order valence-electron chi connectivity index (χ2n) is 7.50. The normalized spacial score (nSPS) is 11.6. The van der Waals surface area contributed by atoms with E-state index < -0.39 is 5.69 Å². The third kappa shape index (κ3) is 5.07. The molecular weight excluding hydrogens is 449 g/mol. The summed E-state index contributed by atoms with van der Waals surface area (Å²) >= 11 is 0. The third-order valence-electron chi connectivity index (χ3n) is 4.88. The van der Waals surface area contributed by atoms with Crippen LogP contribution in [0.5, 0.6) is 0 Å². The van der Waals surface area contributed by atoms with Gasteiger partial charge >= 0.3 is 5.69 Å². The number of nitrogens with zero attached hydrogens (tertiary/aromatic N) is 6. The molecule has 3 aromatic heterocycles. The van der Waals surface area contributed by atoms with Crippen molar-refractivity contribution in [2.24, 2.45) is 5.73 Å². The van der Waals surface area contributed by atoms with E-state index in [9.17, 15) is 9.18 Å². The molecule has 0 saturated heterocycles. The highest BCUT2D eigenvalue weighted by atomic mass is 35.5. The summed E-state index contributed by atoms with van der Waals surface area (Å²) in [6, 6.07) is 11.1. The van der Waals surface area contributed by atoms with Gasteiger partial charge in [0.2, 0.25) is 11.7 Å². The Bertz CT molecular complexity index is 1330. The van der Waals surface area contributed by atoms with E-state index in [4.69, 9.17) is 10.3 Å². The first-order valence-corrected chi connectivity index (χ1v) is 10.0. The topological polar surface area (TPSA) is 118 Å². The number of hydrogen-bond donors (Lipinski definition) is 1. The molecule has 11 heteroatoms. The minimum atomic E-state index is -0.406. The molecule has 0 spiro atoms. The fourth-order valence-electron chi connectivity index (χ4n) is 3.09. The van der Waals surface area contributed by atoms with Crippen molar-refractivity contribution in [3.63, 3.8) is 0 Å². The zero-order valence-electron chi connectivity index (χ0n) is 18.1. The van der Waals surface area contributed by atoms with Crippen molar-refractivity contribution in [2.75, 3.05) is 6.54 Å². The predicted molar refractivity (Wildman–Crippen MR) is 124 cm³/mol. The Hall–Kier alpha value is -3.63. The van der Waals surface area contributed by atoms with Gasteiger partial charge in [0.1, 0.15) is 6.33 Å². The van der Waals surface area contributed by atoms with Gasteiger partial charge in [-0.2, -0.15) is 10.1 Å². The van der Waals surface area contributed by atoms with Gasteiger partial charge in [0.25, 0.3) is 0 Å². The maximum atomic E-state index is 12.8. The number of halogens is 2. The average molecular weight is 472 g/mol. The van der Waals surface area contributed by atoms with E-state index >= 15 is 0 Å². The van der Waals surface area contributed by atoms with Gasteiger partial charge in [0, 0.05) is 29.8 Å². The van der Waals surface area contributed by atoms with Crippen LogP contribution in [0.25, 0.3) is 28.3 Å². The van der Waals surface area contributed by atoms with E-state index in [0.717, 1.165) is 15.8 Å². The van der Waals surface area contributed by atoms with E-state index in [-0.39, 0.29) is 37.0 Å². The standard InChI is InChI=1S/C22H22FN7O2.ClH/c1-14(2)21-27-20(28-32-21)17-5-3-4-16(8-17)19-9-18(6-7-25-19)29-13-26-30(22(29)31)12-15(10-23)11-24;/h3-10,13-14H,11-12,24H2,1-2H3;1H/b15-10+;. The molecule has 0 unspecified atom stereocenters. The van der Waals surface area contributed by atoms with Crippen LogP contribution < -0.4 is 11.4 Å². The van der Waals surface area contributed by atoms with Crippen LogP contribution in [0.1, 0.15) is 25.7 Å². The quantitative estimate of drug-likeness (QED) is 0.438. The molecule has 0 aliphatic heterocycles. The van der Waals surface area contributed by atoms with Gasteiger partial charge in [-0.25, -0.2) is 18.4 Å². The molecule has 0 bridgehead atoms. The van der Waals surface area contributed by atoms with Crippen LogP contribution in [0.4, 0.5) is 4.39 Å². The van der Waals surface area contributed by atoms with Crippen molar-refractivity contribution in [2.45, 2.75) is 26.3 Å². The molecule has 2 N–H and O–H groups in total. The minimum absolute atomic E-state index is 0. The Morgan fingerprint density at radius 1 is 1.24 bits per heavy atom. The van der Waals surface area contributed by atoms with E-state index in [0.29, 0.717) is 29.4 Å². The Balaban J connectivity index is 0.00000306. The van der Waals surface area contributed by atoms with Crippen molar-refractivity contribution in [3.05, 3.63) is 77.2 Å². The molecule has 0 aliphatic carbocycles. The van der Waals surface area contributed by atoms with Crippen molar-refractivity contribution < 1.29 is 8.91 Å². The molecule has 33 heavy (non-hydrogen) atoms. The lowest BCUT2D eigenvalue weighted by Crippen LogP contribution is -2.26. The van der Waals surface area contributed by atoms with Crippen LogP contribution in [0, 0.1) is 0 Å². The molecule has 0 atom stereocenters. The smallest absolute Gasteiger partial charge is 0.339 e. The maximum absolute atomic E-state index is 12.8. The Morgan fingerprint density at radius 3 is 2.73 bits per heavy atom. The lowest BCUT2D eigenvalue weighted by atomic mass is 10.1. The summed E-state index contributed by atoms with van der Waals surface area (Å²) < 4.78 is 20.7. The molecule has 172 valence electrons. The summed E-state index contributed by atoms with van der Waals surface area (Å²) in [7, 11) is 0. The minimum Gasteiger partial charge on any atom is -0.339 e. The monoisotopic (exact) mass is 471 g/mol. The predicted octanol–water partition coefficient (Wildman–Crippen LogP) is 3.50. The number of nitrogens with two attached hydrogens (primary N) is 1. The molecule has 1 aromatic carbocycles. The first-order chi connectivity index (χ1) is 15.5. The van der Waals surface area contributed by atoms with Gasteiger partial charge < -0.3 is 10.3 Å². The van der Waals surface area contributed by atoms with Crippen LogP contribution in [0.15, 0.2) is 70.1 Å². The summed E-state index contributed by atoms with van der Waals surface area (Å²) in [6.07, 6.45) is 3.40. The fourth-order valence-corrected chi connectivity index (χ4v) is 3.09. The lowest BCUT2D eigenvalue weighted by Gasteiger charge is -2.06. The van der Waals surface area contributed by atoms with Gasteiger partial charge in [-0.05, 0) is 23.8 Å². The number of rotatable bonds is 7. The zero-order valence-corrected chi connectivity index (χ0v) is 18.9. The van der Waals surface area contributed by atoms with Gasteiger partial charge in [-0.3, -0.25) is 4.98 Å². The highest BCUT2D eigenvalue weighted by molar-refractivity contribution is 5.85. The highest BCUT2D eigenvalue weighted by Crippen LogP contribution is 2.25. The Kier molecular flexibility index (Phi) is 7.52. The number of hydrogen-bond acceptors (Lipinski definition) is 7. The molecule has 0 aliphatic rings. The zero-order chi connectivity index (χ0) is 22.7. The lowest BCUT2D eigenvalue weighted by molar-refractivity contribution is 0.365. The number of aromatic nitrogens is 6. The molecule has 4 rings (SSSR count). The Labute approximate surface area is 195 Å². The molecule has 0 fully saturated rings. The molecule has 0 saturated carbocycles. The second-order valence-corrected chi connectivity index (χ2v) is 7.50. The maximum Gasteiger partial charge on any atom is 0.350 e. The van der Waals surface area contributed by atoms with Gasteiger partial charge in [-0.1, -0.05) is 37.2 Å². The molecule has 0 radical (unpaired) electrons. The first-order valence-electron chi connectivity index (χ1n) is 10.0. The molecule has 0 amide bonds. The van der Waals surface area contributed by atoms with Crippen molar-refractivity contribution in [1.82, 2.24) is 29.5 Å². The third-order valence-corrected chi connectivity index (χ3v) is 4.88. The van der Waals surface area contributed by atoms with Crippen LogP contribution in [0.3, 0.4) is 0 Å². The van der Waals surface area contributed by atoms with Gasteiger partial charge in [-0.15, -0.1) is 12.4 Å². The summed E-state index contributed by atoms with van der Waals surface area (Å²) in [6.45, 7) is 3.96. The van der Waals surface area contributed by atoms with E-state index in [2.05, 4.69) is 20.2 Å². The van der Waals surface area contributed by atoms with Crippen molar-refractivity contribution in [1.29, 1.82) is 0 Å². The average Bonchev–Trinajstić information content (AvgIpc) is 3.45. The number of benzene rings is 1. The molecular formula is C22H23ClFN7O2. The highest BCUT2D eigenvalue weighted by Gasteiger charge is 2.13. The molecule has 9 nitrogen and oxygen atoms in total. The van der Waals surface area contributed by atoms with Crippen molar-refractivity contribution >= 4 is 12.4 Å². The second kappa shape index (κ2) is 10.3.